The van der Waals surface area contributed by atoms with Gasteiger partial charge in [0.25, 0.3) is 0 Å². The molecule has 0 saturated carbocycles. The van der Waals surface area contributed by atoms with Gasteiger partial charge in [0.1, 0.15) is 0 Å². The molecule has 0 bridgehead atoms. The van der Waals surface area contributed by atoms with E-state index in [0.717, 1.165) is 16.5 Å². The normalized spacial score (nSPS) is 14.6. The van der Waals surface area contributed by atoms with Crippen molar-refractivity contribution in [2.75, 3.05) is 25.1 Å². The Morgan fingerprint density at radius 1 is 1.40 bits per heavy atom. The van der Waals surface area contributed by atoms with E-state index >= 15 is 0 Å². The molecule has 0 radical (unpaired) electrons. The van der Waals surface area contributed by atoms with Crippen LogP contribution in [0.2, 0.25) is 0 Å². The van der Waals surface area contributed by atoms with E-state index in [1.54, 1.807) is 12.1 Å². The summed E-state index contributed by atoms with van der Waals surface area (Å²) in [6.07, 6.45) is 0.878. The maximum atomic E-state index is 13.9. The average Bonchev–Trinajstić information content (AvgIpc) is 2.54. The quantitative estimate of drug-likeness (QED) is 0.702. The summed E-state index contributed by atoms with van der Waals surface area (Å²) < 4.78 is 42.5. The summed E-state index contributed by atoms with van der Waals surface area (Å²) in [4.78, 5) is 13.3. The van der Waals surface area contributed by atoms with Gasteiger partial charge in [-0.15, -0.1) is 0 Å². The molecular weight excluding hydrogens is 337 g/mol. The molecule has 6 nitrogen and oxygen atoms in total. The highest BCUT2D eigenvalue weighted by molar-refractivity contribution is 5.94. The van der Waals surface area contributed by atoms with Crippen LogP contribution in [0, 0.1) is 6.92 Å². The van der Waals surface area contributed by atoms with Crippen LogP contribution in [0.15, 0.2) is 35.5 Å². The number of alkyl halides is 2. The van der Waals surface area contributed by atoms with Gasteiger partial charge >= 0.3 is 6.61 Å². The first-order valence-electron chi connectivity index (χ1n) is 7.38. The molecule has 25 heavy (non-hydrogen) atoms. The molecule has 0 saturated heterocycles. The highest BCUT2D eigenvalue weighted by Crippen LogP contribution is 2.25. The van der Waals surface area contributed by atoms with Crippen LogP contribution in [-0.2, 0) is 16.1 Å². The Morgan fingerprint density at radius 2 is 2.08 bits per heavy atom. The largest absolute Gasteiger partial charge is 0.416 e. The Balaban J connectivity index is 2.12. The number of anilines is 2. The number of hydrogen-bond acceptors (Lipinski definition) is 5. The summed E-state index contributed by atoms with van der Waals surface area (Å²) in [6.45, 7) is -1.30. The van der Waals surface area contributed by atoms with Gasteiger partial charge in [0.15, 0.2) is 5.83 Å². The zero-order valence-electron chi connectivity index (χ0n) is 13.8. The Kier molecular flexibility index (Phi) is 5.45. The summed E-state index contributed by atoms with van der Waals surface area (Å²) in [7, 11) is 1.34. The number of nitrogens with two attached hydrogens (primary N) is 2. The minimum atomic E-state index is -3.15. The van der Waals surface area contributed by atoms with Gasteiger partial charge in [0.2, 0.25) is 11.8 Å². The molecule has 0 unspecified atom stereocenters. The van der Waals surface area contributed by atoms with E-state index in [1.165, 1.54) is 7.05 Å². The predicted octanol–water partition coefficient (Wildman–Crippen LogP) is 2.03. The first-order chi connectivity index (χ1) is 11.7. The third-order valence-electron chi connectivity index (χ3n) is 3.80. The highest BCUT2D eigenvalue weighted by atomic mass is 19.3. The Morgan fingerprint density at radius 3 is 2.68 bits per heavy atom. The van der Waals surface area contributed by atoms with Crippen molar-refractivity contribution in [1.29, 1.82) is 0 Å². The van der Waals surface area contributed by atoms with E-state index in [9.17, 15) is 18.0 Å². The topological polar surface area (TPSA) is 93.6 Å². The molecule has 1 aliphatic heterocycles. The number of rotatable bonds is 5. The number of hydrogen-bond donors (Lipinski definition) is 3. The van der Waals surface area contributed by atoms with Crippen LogP contribution < -0.4 is 16.8 Å². The number of likely N-dealkylation sites (N-methyl/N-ethyl adjacent to an activating group) is 1. The number of carbonyl (C=O) groups excluding carboxylic acids is 1. The number of amides is 1. The molecule has 1 amide bonds. The summed E-state index contributed by atoms with van der Waals surface area (Å²) in [5, 5.41) is 2.63. The molecule has 0 spiro atoms. The second-order valence-electron chi connectivity index (χ2n) is 5.60. The number of nitrogen functional groups attached to an aromatic ring is 2. The van der Waals surface area contributed by atoms with Gasteiger partial charge in [-0.25, -0.2) is 4.39 Å². The number of nitrogens with zero attached hydrogens (tertiary/aromatic N) is 1. The van der Waals surface area contributed by atoms with Gasteiger partial charge in [-0.1, -0.05) is 6.07 Å². The maximum absolute atomic E-state index is 13.9. The van der Waals surface area contributed by atoms with Gasteiger partial charge in [-0.2, -0.15) is 8.78 Å². The number of halogens is 3. The van der Waals surface area contributed by atoms with E-state index in [4.69, 9.17) is 11.5 Å². The molecule has 9 heteroatoms. The molecule has 1 aromatic carbocycles. The molecule has 1 heterocycles. The van der Waals surface area contributed by atoms with Gasteiger partial charge in [-0.05, 0) is 30.2 Å². The van der Waals surface area contributed by atoms with Crippen molar-refractivity contribution in [3.05, 3.63) is 46.6 Å². The first kappa shape index (κ1) is 18.5. The molecule has 1 aromatic rings. The second-order valence-corrected chi connectivity index (χ2v) is 5.60. The Hall–Kier alpha value is -2.84. The third-order valence-corrected chi connectivity index (χ3v) is 3.80. The van der Waals surface area contributed by atoms with Gasteiger partial charge in [0.05, 0.1) is 17.9 Å². The third kappa shape index (κ3) is 4.17. The van der Waals surface area contributed by atoms with Crippen molar-refractivity contribution in [2.45, 2.75) is 20.1 Å². The number of nitrogens with one attached hydrogen (secondary N) is 1. The SMILES string of the molecule is Cc1ccc(N)c(N)c1CNC(=O)C1=CC(F)=C(OC(F)F)N(C)C1. The number of aryl methyl sites for hydroxylation is 1. The van der Waals surface area contributed by atoms with Crippen LogP contribution >= 0.6 is 0 Å². The first-order valence-corrected chi connectivity index (χ1v) is 7.38. The second kappa shape index (κ2) is 7.37. The Bertz CT molecular complexity index is 747. The van der Waals surface area contributed by atoms with Crippen LogP contribution in [0.25, 0.3) is 0 Å². The van der Waals surface area contributed by atoms with Crippen molar-refractivity contribution >= 4 is 17.3 Å². The summed E-state index contributed by atoms with van der Waals surface area (Å²) in [5.74, 6) is -2.19. The lowest BCUT2D eigenvalue weighted by Crippen LogP contribution is -2.34. The molecule has 0 aliphatic carbocycles. The van der Waals surface area contributed by atoms with Crippen LogP contribution in [-0.4, -0.2) is 31.0 Å². The smallest absolute Gasteiger partial charge is 0.388 e. The van der Waals surface area contributed by atoms with Crippen LogP contribution in [0.4, 0.5) is 24.5 Å². The fourth-order valence-electron chi connectivity index (χ4n) is 2.45. The molecule has 0 atom stereocenters. The number of allylic oxidation sites excluding steroid dienone is 2. The highest BCUT2D eigenvalue weighted by Gasteiger charge is 2.25. The van der Waals surface area contributed by atoms with Gasteiger partial charge in [-0.3, -0.25) is 4.79 Å². The summed E-state index contributed by atoms with van der Waals surface area (Å²) in [5.41, 5.74) is 14.0. The molecule has 136 valence electrons. The van der Waals surface area contributed by atoms with E-state index in [1.807, 2.05) is 6.92 Å². The van der Waals surface area contributed by atoms with Crippen molar-refractivity contribution in [3.8, 4) is 0 Å². The fourth-order valence-corrected chi connectivity index (χ4v) is 2.45. The minimum Gasteiger partial charge on any atom is -0.416 e. The maximum Gasteiger partial charge on any atom is 0.388 e. The number of ether oxygens (including phenoxy) is 1. The lowest BCUT2D eigenvalue weighted by molar-refractivity contribution is -0.121. The monoisotopic (exact) mass is 356 g/mol. The summed E-state index contributed by atoms with van der Waals surface area (Å²) in [6, 6.07) is 3.44. The summed E-state index contributed by atoms with van der Waals surface area (Å²) >= 11 is 0. The van der Waals surface area contributed by atoms with Gasteiger partial charge in [0, 0.05) is 19.2 Å². The van der Waals surface area contributed by atoms with Crippen molar-refractivity contribution in [3.63, 3.8) is 0 Å². The number of carbonyl (C=O) groups is 1. The van der Waals surface area contributed by atoms with E-state index in [0.29, 0.717) is 16.9 Å². The molecule has 0 aromatic heterocycles. The van der Waals surface area contributed by atoms with Crippen LogP contribution in [0.1, 0.15) is 11.1 Å². The molecule has 0 fully saturated rings. The zero-order chi connectivity index (χ0) is 18.7. The predicted molar refractivity (Wildman–Crippen MR) is 87.8 cm³/mol. The Labute approximate surface area is 142 Å². The molecule has 5 N–H and O–H groups in total. The van der Waals surface area contributed by atoms with Crippen molar-refractivity contribution in [1.82, 2.24) is 10.2 Å². The molecule has 2 rings (SSSR count). The van der Waals surface area contributed by atoms with E-state index in [2.05, 4.69) is 10.1 Å². The lowest BCUT2D eigenvalue weighted by Gasteiger charge is -2.26. The van der Waals surface area contributed by atoms with Crippen molar-refractivity contribution in [2.24, 2.45) is 0 Å². The van der Waals surface area contributed by atoms with Crippen LogP contribution in [0.5, 0.6) is 0 Å². The zero-order valence-corrected chi connectivity index (χ0v) is 13.8. The average molecular weight is 356 g/mol. The van der Waals surface area contributed by atoms with Crippen LogP contribution in [0.3, 0.4) is 0 Å². The lowest BCUT2D eigenvalue weighted by atomic mass is 10.0. The van der Waals surface area contributed by atoms with Gasteiger partial charge < -0.3 is 26.4 Å². The standard InChI is InChI=1S/C16H19F3N4O2/c1-8-3-4-12(20)13(21)10(8)6-22-14(24)9-5-11(17)15(23(2)7-9)25-16(18)19/h3-5,16H,6-7,20-21H2,1-2H3,(H,22,24). The molecular formula is C16H19F3N4O2. The number of benzene rings is 1. The molecule has 1 aliphatic rings. The van der Waals surface area contributed by atoms with Crippen molar-refractivity contribution < 1.29 is 22.7 Å². The fraction of sp³-hybridized carbons (Fsp3) is 0.312. The van der Waals surface area contributed by atoms with E-state index in [-0.39, 0.29) is 18.7 Å². The van der Waals surface area contributed by atoms with E-state index < -0.39 is 24.2 Å². The minimum absolute atomic E-state index is 0.0711.